The molecule has 0 radical (unpaired) electrons. The van der Waals surface area contributed by atoms with E-state index in [2.05, 4.69) is 5.32 Å². The Morgan fingerprint density at radius 3 is 2.57 bits per heavy atom. The number of rotatable bonds is 8. The SMILES string of the molecule is Cc1ccccc1OCC(=O)N[C@@H](CCC(N)=O)C(=O)O. The van der Waals surface area contributed by atoms with Crippen LogP contribution in [-0.4, -0.2) is 35.5 Å². The summed E-state index contributed by atoms with van der Waals surface area (Å²) in [4.78, 5) is 33.3. The predicted octanol–water partition coefficient (Wildman–Crippen LogP) is 0.209. The van der Waals surface area contributed by atoms with Gasteiger partial charge in [-0.05, 0) is 25.0 Å². The van der Waals surface area contributed by atoms with Gasteiger partial charge < -0.3 is 20.9 Å². The van der Waals surface area contributed by atoms with E-state index in [1.54, 1.807) is 12.1 Å². The van der Waals surface area contributed by atoms with E-state index < -0.39 is 23.8 Å². The highest BCUT2D eigenvalue weighted by molar-refractivity contribution is 5.85. The lowest BCUT2D eigenvalue weighted by Gasteiger charge is -2.14. The Balaban J connectivity index is 2.49. The van der Waals surface area contributed by atoms with Crippen LogP contribution in [0.1, 0.15) is 18.4 Å². The van der Waals surface area contributed by atoms with Crippen molar-refractivity contribution in [2.24, 2.45) is 5.73 Å². The minimum Gasteiger partial charge on any atom is -0.484 e. The molecule has 0 fully saturated rings. The minimum atomic E-state index is -1.22. The molecule has 0 aliphatic carbocycles. The number of hydrogen-bond acceptors (Lipinski definition) is 4. The molecule has 1 atom stereocenters. The molecule has 0 unspecified atom stereocenters. The van der Waals surface area contributed by atoms with Gasteiger partial charge >= 0.3 is 5.97 Å². The molecular formula is C14H18N2O5. The van der Waals surface area contributed by atoms with Crippen molar-refractivity contribution >= 4 is 17.8 Å². The molecule has 0 bridgehead atoms. The maximum atomic E-state index is 11.7. The largest absolute Gasteiger partial charge is 0.484 e. The Bertz CT molecular complexity index is 530. The smallest absolute Gasteiger partial charge is 0.326 e. The molecule has 1 aromatic carbocycles. The second-order valence-electron chi connectivity index (χ2n) is 4.52. The van der Waals surface area contributed by atoms with Crippen LogP contribution in [0.25, 0.3) is 0 Å². The number of benzene rings is 1. The first-order valence-corrected chi connectivity index (χ1v) is 6.39. The van der Waals surface area contributed by atoms with Gasteiger partial charge in [0.1, 0.15) is 11.8 Å². The number of nitrogens with one attached hydrogen (secondary N) is 1. The Morgan fingerprint density at radius 2 is 2.00 bits per heavy atom. The second-order valence-corrected chi connectivity index (χ2v) is 4.52. The lowest BCUT2D eigenvalue weighted by Crippen LogP contribution is -2.43. The van der Waals surface area contributed by atoms with Gasteiger partial charge in [0.15, 0.2) is 6.61 Å². The summed E-state index contributed by atoms with van der Waals surface area (Å²) in [7, 11) is 0. The van der Waals surface area contributed by atoms with Crippen molar-refractivity contribution in [3.63, 3.8) is 0 Å². The number of hydrogen-bond donors (Lipinski definition) is 3. The summed E-state index contributed by atoms with van der Waals surface area (Å²) in [5.74, 6) is -1.86. The Hall–Kier alpha value is -2.57. The van der Waals surface area contributed by atoms with Crippen molar-refractivity contribution < 1.29 is 24.2 Å². The van der Waals surface area contributed by atoms with E-state index in [-0.39, 0.29) is 19.4 Å². The first-order valence-electron chi connectivity index (χ1n) is 6.39. The third kappa shape index (κ3) is 5.94. The summed E-state index contributed by atoms with van der Waals surface area (Å²) >= 11 is 0. The second kappa shape index (κ2) is 7.88. The molecule has 0 saturated carbocycles. The number of aryl methyl sites for hydroxylation is 1. The molecule has 7 heteroatoms. The fraction of sp³-hybridized carbons (Fsp3) is 0.357. The van der Waals surface area contributed by atoms with Crippen LogP contribution >= 0.6 is 0 Å². The van der Waals surface area contributed by atoms with Gasteiger partial charge in [0, 0.05) is 6.42 Å². The summed E-state index contributed by atoms with van der Waals surface area (Å²) in [6, 6.07) is 6.00. The molecule has 0 heterocycles. The van der Waals surface area contributed by atoms with Crippen molar-refractivity contribution in [1.82, 2.24) is 5.32 Å². The number of primary amides is 1. The number of carbonyl (C=O) groups excluding carboxylic acids is 2. The number of para-hydroxylation sites is 1. The molecule has 1 aromatic rings. The van der Waals surface area contributed by atoms with Gasteiger partial charge in [-0.2, -0.15) is 0 Å². The van der Waals surface area contributed by atoms with Crippen LogP contribution < -0.4 is 15.8 Å². The number of nitrogens with two attached hydrogens (primary N) is 1. The van der Waals surface area contributed by atoms with Gasteiger partial charge in [0.25, 0.3) is 5.91 Å². The van der Waals surface area contributed by atoms with Crippen molar-refractivity contribution in [3.8, 4) is 5.75 Å². The molecule has 0 aliphatic rings. The standard InChI is InChI=1S/C14H18N2O5/c1-9-4-2-3-5-11(9)21-8-13(18)16-10(14(19)20)6-7-12(15)17/h2-5,10H,6-8H2,1H3,(H2,15,17)(H,16,18)(H,19,20)/t10-/m0/s1. The van der Waals surface area contributed by atoms with Gasteiger partial charge in [-0.15, -0.1) is 0 Å². The van der Waals surface area contributed by atoms with Crippen molar-refractivity contribution in [3.05, 3.63) is 29.8 Å². The highest BCUT2D eigenvalue weighted by Crippen LogP contribution is 2.15. The van der Waals surface area contributed by atoms with E-state index >= 15 is 0 Å². The predicted molar refractivity (Wildman–Crippen MR) is 74.7 cm³/mol. The Morgan fingerprint density at radius 1 is 1.33 bits per heavy atom. The molecule has 1 rings (SSSR count). The molecule has 4 N–H and O–H groups in total. The molecule has 0 saturated heterocycles. The summed E-state index contributed by atoms with van der Waals surface area (Å²) in [5, 5.41) is 11.2. The normalized spacial score (nSPS) is 11.5. The average Bonchev–Trinajstić information content (AvgIpc) is 2.42. The van der Waals surface area contributed by atoms with E-state index in [4.69, 9.17) is 15.6 Å². The maximum absolute atomic E-state index is 11.7. The molecule has 7 nitrogen and oxygen atoms in total. The molecule has 21 heavy (non-hydrogen) atoms. The van der Waals surface area contributed by atoms with Crippen LogP contribution in [-0.2, 0) is 14.4 Å². The summed E-state index contributed by atoms with van der Waals surface area (Å²) in [6.07, 6.45) is -0.170. The lowest BCUT2D eigenvalue weighted by atomic mass is 10.1. The lowest BCUT2D eigenvalue weighted by molar-refractivity contribution is -0.142. The topological polar surface area (TPSA) is 119 Å². The van der Waals surface area contributed by atoms with Crippen LogP contribution in [0.5, 0.6) is 5.75 Å². The quantitative estimate of drug-likeness (QED) is 0.633. The number of aliphatic carboxylic acids is 1. The number of ether oxygens (including phenoxy) is 1. The van der Waals surface area contributed by atoms with Crippen molar-refractivity contribution in [1.29, 1.82) is 0 Å². The van der Waals surface area contributed by atoms with E-state index in [0.29, 0.717) is 5.75 Å². The van der Waals surface area contributed by atoms with Crippen molar-refractivity contribution in [2.45, 2.75) is 25.8 Å². The van der Waals surface area contributed by atoms with Crippen LogP contribution in [0.2, 0.25) is 0 Å². The number of carboxylic acid groups (broad SMARTS) is 1. The monoisotopic (exact) mass is 294 g/mol. The zero-order valence-electron chi connectivity index (χ0n) is 11.7. The first kappa shape index (κ1) is 16.5. The van der Waals surface area contributed by atoms with Gasteiger partial charge in [0.2, 0.25) is 5.91 Å². The molecule has 2 amide bonds. The van der Waals surface area contributed by atoms with E-state index in [1.807, 2.05) is 19.1 Å². The van der Waals surface area contributed by atoms with E-state index in [9.17, 15) is 14.4 Å². The molecular weight excluding hydrogens is 276 g/mol. The van der Waals surface area contributed by atoms with Crippen LogP contribution in [0, 0.1) is 6.92 Å². The zero-order valence-corrected chi connectivity index (χ0v) is 11.7. The van der Waals surface area contributed by atoms with Crippen LogP contribution in [0.15, 0.2) is 24.3 Å². The van der Waals surface area contributed by atoms with E-state index in [0.717, 1.165) is 5.56 Å². The Kier molecular flexibility index (Phi) is 6.19. The fourth-order valence-corrected chi connectivity index (χ4v) is 1.64. The van der Waals surface area contributed by atoms with E-state index in [1.165, 1.54) is 0 Å². The van der Waals surface area contributed by atoms with Gasteiger partial charge in [-0.3, -0.25) is 9.59 Å². The molecule has 0 aromatic heterocycles. The van der Waals surface area contributed by atoms with Crippen molar-refractivity contribution in [2.75, 3.05) is 6.61 Å². The summed E-state index contributed by atoms with van der Waals surface area (Å²) < 4.78 is 5.31. The summed E-state index contributed by atoms with van der Waals surface area (Å²) in [5.41, 5.74) is 5.82. The van der Waals surface area contributed by atoms with Gasteiger partial charge in [-0.25, -0.2) is 4.79 Å². The van der Waals surface area contributed by atoms with Gasteiger partial charge in [0.05, 0.1) is 0 Å². The Labute approximate surface area is 122 Å². The molecule has 0 aliphatic heterocycles. The first-order chi connectivity index (χ1) is 9.90. The highest BCUT2D eigenvalue weighted by atomic mass is 16.5. The average molecular weight is 294 g/mol. The van der Waals surface area contributed by atoms with Crippen LogP contribution in [0.3, 0.4) is 0 Å². The third-order valence-corrected chi connectivity index (χ3v) is 2.77. The molecule has 0 spiro atoms. The zero-order chi connectivity index (χ0) is 15.8. The highest BCUT2D eigenvalue weighted by Gasteiger charge is 2.20. The maximum Gasteiger partial charge on any atom is 0.326 e. The van der Waals surface area contributed by atoms with Gasteiger partial charge in [-0.1, -0.05) is 18.2 Å². The third-order valence-electron chi connectivity index (χ3n) is 2.77. The number of carbonyl (C=O) groups is 3. The number of carboxylic acids is 1. The minimum absolute atomic E-state index is 0.0548. The summed E-state index contributed by atoms with van der Waals surface area (Å²) in [6.45, 7) is 1.53. The fourth-order valence-electron chi connectivity index (χ4n) is 1.64. The number of amides is 2. The molecule has 114 valence electrons. The van der Waals surface area contributed by atoms with Crippen LogP contribution in [0.4, 0.5) is 0 Å².